The zero-order valence-electron chi connectivity index (χ0n) is 13.6. The molecule has 120 valence electrons. The second kappa shape index (κ2) is 7.40. The van der Waals surface area contributed by atoms with E-state index in [1.165, 1.54) is 5.56 Å². The Morgan fingerprint density at radius 2 is 1.91 bits per heavy atom. The number of nitrogens with one attached hydrogen (secondary N) is 2. The summed E-state index contributed by atoms with van der Waals surface area (Å²) < 4.78 is 0. The van der Waals surface area contributed by atoms with Crippen LogP contribution in [0.4, 0.5) is 0 Å². The van der Waals surface area contributed by atoms with Gasteiger partial charge in [-0.15, -0.1) is 0 Å². The summed E-state index contributed by atoms with van der Waals surface area (Å²) in [6.07, 6.45) is 2.14. The molecule has 0 aliphatic heterocycles. The largest absolute Gasteiger partial charge is 0.352 e. The van der Waals surface area contributed by atoms with Gasteiger partial charge in [0.25, 0.3) is 0 Å². The Bertz CT molecular complexity index is 523. The van der Waals surface area contributed by atoms with Gasteiger partial charge in [0.2, 0.25) is 11.8 Å². The van der Waals surface area contributed by atoms with E-state index in [0.717, 1.165) is 18.4 Å². The third-order valence-corrected chi connectivity index (χ3v) is 3.96. The molecule has 2 N–H and O–H groups in total. The Balaban J connectivity index is 1.75. The first-order valence-electron chi connectivity index (χ1n) is 7.78. The molecule has 0 heterocycles. The maximum absolute atomic E-state index is 12.2. The monoisotopic (exact) mass is 303 g/mol. The zero-order chi connectivity index (χ0) is 16.1. The number of hydrogen-bond acceptors (Lipinski definition) is 3. The average molecular weight is 303 g/mol. The molecule has 22 heavy (non-hydrogen) atoms. The van der Waals surface area contributed by atoms with Gasteiger partial charge in [-0.25, -0.2) is 0 Å². The molecule has 2 amide bonds. The predicted octanol–water partition coefficient (Wildman–Crippen LogP) is 1.21. The number of carbonyl (C=O) groups is 2. The topological polar surface area (TPSA) is 61.4 Å². The van der Waals surface area contributed by atoms with Crippen LogP contribution in [-0.2, 0) is 16.1 Å². The lowest BCUT2D eigenvalue weighted by molar-refractivity contribution is -0.127. The van der Waals surface area contributed by atoms with Crippen molar-refractivity contribution in [2.45, 2.75) is 45.3 Å². The van der Waals surface area contributed by atoms with Crippen molar-refractivity contribution in [3.63, 3.8) is 0 Å². The van der Waals surface area contributed by atoms with E-state index in [0.29, 0.717) is 12.6 Å². The van der Waals surface area contributed by atoms with Crippen LogP contribution in [-0.4, -0.2) is 42.4 Å². The van der Waals surface area contributed by atoms with Gasteiger partial charge in [0.05, 0.1) is 12.6 Å². The Morgan fingerprint density at radius 1 is 1.27 bits per heavy atom. The summed E-state index contributed by atoms with van der Waals surface area (Å²) >= 11 is 0. The summed E-state index contributed by atoms with van der Waals surface area (Å²) in [7, 11) is 1.79. The van der Waals surface area contributed by atoms with Gasteiger partial charge in [-0.05, 0) is 39.3 Å². The maximum Gasteiger partial charge on any atom is 0.237 e. The van der Waals surface area contributed by atoms with Crippen LogP contribution in [0.1, 0.15) is 30.9 Å². The van der Waals surface area contributed by atoms with Crippen LogP contribution in [0.5, 0.6) is 0 Å². The maximum atomic E-state index is 12.2. The molecule has 1 aromatic carbocycles. The molecule has 0 bridgehead atoms. The van der Waals surface area contributed by atoms with Gasteiger partial charge in [-0.2, -0.15) is 0 Å². The summed E-state index contributed by atoms with van der Waals surface area (Å²) in [4.78, 5) is 25.7. The van der Waals surface area contributed by atoms with E-state index in [1.807, 2.05) is 38.1 Å². The van der Waals surface area contributed by atoms with Crippen molar-refractivity contribution < 1.29 is 9.59 Å². The molecule has 2 rings (SSSR count). The number of rotatable bonds is 7. The molecule has 0 radical (unpaired) electrons. The molecule has 0 spiro atoms. The lowest BCUT2D eigenvalue weighted by Crippen LogP contribution is -2.47. The summed E-state index contributed by atoms with van der Waals surface area (Å²) in [5, 5.41) is 5.84. The Hall–Kier alpha value is -1.88. The third-order valence-electron chi connectivity index (χ3n) is 3.96. The van der Waals surface area contributed by atoms with Crippen LogP contribution < -0.4 is 10.6 Å². The number of amides is 2. The highest BCUT2D eigenvalue weighted by atomic mass is 16.2. The number of hydrogen-bond donors (Lipinski definition) is 2. The zero-order valence-corrected chi connectivity index (χ0v) is 13.6. The smallest absolute Gasteiger partial charge is 0.237 e. The first-order chi connectivity index (χ1) is 10.5. The van der Waals surface area contributed by atoms with Crippen LogP contribution in [0, 0.1) is 6.92 Å². The van der Waals surface area contributed by atoms with E-state index in [-0.39, 0.29) is 24.4 Å². The normalized spacial score (nSPS) is 15.5. The van der Waals surface area contributed by atoms with Crippen LogP contribution in [0.3, 0.4) is 0 Å². The van der Waals surface area contributed by atoms with E-state index >= 15 is 0 Å². The molecule has 1 aliphatic carbocycles. The quantitative estimate of drug-likeness (QED) is 0.796. The Labute approximate surface area is 132 Å². The third kappa shape index (κ3) is 5.15. The van der Waals surface area contributed by atoms with Gasteiger partial charge in [-0.1, -0.05) is 29.8 Å². The highest BCUT2D eigenvalue weighted by Gasteiger charge is 2.25. The second-order valence-corrected chi connectivity index (χ2v) is 6.14. The standard InChI is InChI=1S/C17H25N3O2/c1-12-4-6-14(7-5-12)10-18-17(22)13(2)20(3)11-16(21)19-15-8-9-15/h4-7,13,15H,8-11H2,1-3H3,(H,18,22)(H,19,21). The van der Waals surface area contributed by atoms with Gasteiger partial charge < -0.3 is 10.6 Å². The molecule has 5 heteroatoms. The Kier molecular flexibility index (Phi) is 5.55. The average Bonchev–Trinajstić information content (AvgIpc) is 3.29. The molecule has 0 saturated heterocycles. The van der Waals surface area contributed by atoms with Crippen molar-refractivity contribution in [2.24, 2.45) is 0 Å². The molecule has 1 aliphatic rings. The molecule has 1 atom stereocenters. The molecular weight excluding hydrogens is 278 g/mol. The van der Waals surface area contributed by atoms with Crippen LogP contribution in [0.15, 0.2) is 24.3 Å². The highest BCUT2D eigenvalue weighted by Crippen LogP contribution is 2.18. The molecule has 1 aromatic rings. The fraction of sp³-hybridized carbons (Fsp3) is 0.529. The summed E-state index contributed by atoms with van der Waals surface area (Å²) in [5.41, 5.74) is 2.27. The molecule has 5 nitrogen and oxygen atoms in total. The van der Waals surface area contributed by atoms with Gasteiger partial charge in [0, 0.05) is 12.6 Å². The van der Waals surface area contributed by atoms with E-state index in [9.17, 15) is 9.59 Å². The number of aryl methyl sites for hydroxylation is 1. The van der Waals surface area contributed by atoms with Crippen molar-refractivity contribution in [2.75, 3.05) is 13.6 Å². The van der Waals surface area contributed by atoms with Crippen molar-refractivity contribution in [1.82, 2.24) is 15.5 Å². The van der Waals surface area contributed by atoms with E-state index in [2.05, 4.69) is 10.6 Å². The molecule has 1 fully saturated rings. The number of nitrogens with zero attached hydrogens (tertiary/aromatic N) is 1. The molecule has 1 saturated carbocycles. The fourth-order valence-corrected chi connectivity index (χ4v) is 2.11. The highest BCUT2D eigenvalue weighted by molar-refractivity contribution is 5.83. The van der Waals surface area contributed by atoms with Gasteiger partial charge in [0.15, 0.2) is 0 Å². The number of benzene rings is 1. The van der Waals surface area contributed by atoms with E-state index in [1.54, 1.807) is 11.9 Å². The molecule has 1 unspecified atom stereocenters. The van der Waals surface area contributed by atoms with Gasteiger partial charge >= 0.3 is 0 Å². The minimum atomic E-state index is -0.338. The fourth-order valence-electron chi connectivity index (χ4n) is 2.11. The summed E-state index contributed by atoms with van der Waals surface area (Å²) in [6.45, 7) is 4.60. The van der Waals surface area contributed by atoms with Crippen LogP contribution in [0.25, 0.3) is 0 Å². The molecular formula is C17H25N3O2. The van der Waals surface area contributed by atoms with Crippen molar-refractivity contribution in [1.29, 1.82) is 0 Å². The second-order valence-electron chi connectivity index (χ2n) is 6.14. The number of carbonyl (C=O) groups excluding carboxylic acids is 2. The number of likely N-dealkylation sites (N-methyl/N-ethyl adjacent to an activating group) is 1. The minimum Gasteiger partial charge on any atom is -0.352 e. The summed E-state index contributed by atoms with van der Waals surface area (Å²) in [6, 6.07) is 8.08. The SMILES string of the molecule is Cc1ccc(CNC(=O)C(C)N(C)CC(=O)NC2CC2)cc1. The van der Waals surface area contributed by atoms with Crippen LogP contribution in [0.2, 0.25) is 0 Å². The first kappa shape index (κ1) is 16.5. The van der Waals surface area contributed by atoms with Gasteiger partial charge in [-0.3, -0.25) is 14.5 Å². The Morgan fingerprint density at radius 3 is 2.50 bits per heavy atom. The predicted molar refractivity (Wildman–Crippen MR) is 86.3 cm³/mol. The van der Waals surface area contributed by atoms with Crippen LogP contribution >= 0.6 is 0 Å². The minimum absolute atomic E-state index is 0.0109. The van der Waals surface area contributed by atoms with Crippen molar-refractivity contribution >= 4 is 11.8 Å². The summed E-state index contributed by atoms with van der Waals surface area (Å²) in [5.74, 6) is -0.0783. The molecule has 0 aromatic heterocycles. The first-order valence-corrected chi connectivity index (χ1v) is 7.78. The van der Waals surface area contributed by atoms with Gasteiger partial charge in [0.1, 0.15) is 0 Å². The lowest BCUT2D eigenvalue weighted by Gasteiger charge is -2.23. The van der Waals surface area contributed by atoms with Crippen molar-refractivity contribution in [3.05, 3.63) is 35.4 Å². The lowest BCUT2D eigenvalue weighted by atomic mass is 10.1. The van der Waals surface area contributed by atoms with E-state index in [4.69, 9.17) is 0 Å². The van der Waals surface area contributed by atoms with E-state index < -0.39 is 0 Å². The van der Waals surface area contributed by atoms with Crippen molar-refractivity contribution in [3.8, 4) is 0 Å².